The van der Waals surface area contributed by atoms with Crippen LogP contribution in [0.15, 0.2) is 11.0 Å². The number of hydrogen-bond donors (Lipinski definition) is 1. The molecule has 1 unspecified atom stereocenters. The monoisotopic (exact) mass is 400 g/mol. The van der Waals surface area contributed by atoms with E-state index in [1.807, 2.05) is 4.68 Å². The zero-order valence-electron chi connectivity index (χ0n) is 13.9. The van der Waals surface area contributed by atoms with E-state index >= 15 is 0 Å². The van der Waals surface area contributed by atoms with Gasteiger partial charge in [-0.1, -0.05) is 25.7 Å². The molecule has 0 amide bonds. The van der Waals surface area contributed by atoms with Gasteiger partial charge in [0.25, 0.3) is 5.56 Å². The minimum absolute atomic E-state index is 0. The molecule has 2 fully saturated rings. The van der Waals surface area contributed by atoms with Crippen molar-refractivity contribution in [2.24, 2.45) is 0 Å². The molecule has 4 rings (SSSR count). The van der Waals surface area contributed by atoms with Crippen LogP contribution in [0.1, 0.15) is 62.7 Å². The summed E-state index contributed by atoms with van der Waals surface area (Å²) < 4.78 is 1.99. The number of aromatic nitrogens is 4. The first kappa shape index (κ1) is 19.8. The van der Waals surface area contributed by atoms with Crippen molar-refractivity contribution >= 4 is 19.4 Å². The Morgan fingerprint density at radius 2 is 1.96 bits per heavy atom. The summed E-state index contributed by atoms with van der Waals surface area (Å²) in [5.74, 6) is 1.04. The predicted molar refractivity (Wildman–Crippen MR) is 91.1 cm³/mol. The number of fused-ring (bicyclic) bond motifs is 1. The normalized spacial score (nSPS) is 21.9. The summed E-state index contributed by atoms with van der Waals surface area (Å²) in [7, 11) is 0. The topological polar surface area (TPSA) is 77.7 Å². The van der Waals surface area contributed by atoms with Gasteiger partial charge in [0.1, 0.15) is 11.2 Å². The maximum Gasteiger partial charge on any atom is 0.262 e. The van der Waals surface area contributed by atoms with Crippen molar-refractivity contribution < 1.29 is 32.7 Å². The zero-order valence-corrected chi connectivity index (χ0v) is 16.8. The minimum Gasteiger partial charge on any atom is -0.662 e. The van der Waals surface area contributed by atoms with Gasteiger partial charge in [0.15, 0.2) is 5.65 Å². The van der Waals surface area contributed by atoms with Gasteiger partial charge < -0.3 is 10.3 Å². The second-order valence-electron chi connectivity index (χ2n) is 6.54. The Bertz CT molecular complexity index is 719. The van der Waals surface area contributed by atoms with Crippen molar-refractivity contribution in [3.63, 3.8) is 0 Å². The third-order valence-electron chi connectivity index (χ3n) is 5.01. The number of nitrogens with zero attached hydrogens (tertiary/aromatic N) is 4. The Labute approximate surface area is 169 Å². The van der Waals surface area contributed by atoms with Crippen molar-refractivity contribution in [3.05, 3.63) is 27.7 Å². The second kappa shape index (κ2) is 8.72. The van der Waals surface area contributed by atoms with Crippen LogP contribution in [0, 0.1) is 0 Å². The third-order valence-corrected chi connectivity index (χ3v) is 5.01. The van der Waals surface area contributed by atoms with Crippen LogP contribution < -0.4 is 5.56 Å². The fourth-order valence-electron chi connectivity index (χ4n) is 3.75. The SMILES string of the molecule is O=c1[nH]c(C2CCC[N-]C2)nc2c1cnn2C1CCCCC1.[B].[Y]. The molecule has 0 bridgehead atoms. The van der Waals surface area contributed by atoms with Crippen LogP contribution in [-0.2, 0) is 32.7 Å². The van der Waals surface area contributed by atoms with Gasteiger partial charge in [0, 0.05) is 41.1 Å². The number of rotatable bonds is 2. The fraction of sp³-hybridized carbons (Fsp3) is 0.688. The summed E-state index contributed by atoms with van der Waals surface area (Å²) in [6, 6.07) is 0.393. The van der Waals surface area contributed by atoms with E-state index < -0.39 is 0 Å². The van der Waals surface area contributed by atoms with Gasteiger partial charge in [-0.05, 0) is 25.2 Å². The van der Waals surface area contributed by atoms with E-state index in [-0.39, 0.29) is 52.6 Å². The molecule has 24 heavy (non-hydrogen) atoms. The number of piperidine rings is 1. The molecule has 1 N–H and O–H groups in total. The molecular formula is C16H22BN5OY-. The van der Waals surface area contributed by atoms with E-state index in [0.717, 1.165) is 50.2 Å². The molecule has 2 aromatic rings. The molecule has 2 aromatic heterocycles. The molecule has 6 nitrogen and oxygen atoms in total. The van der Waals surface area contributed by atoms with Crippen LogP contribution in [0.25, 0.3) is 16.4 Å². The summed E-state index contributed by atoms with van der Waals surface area (Å²) in [5.41, 5.74) is 0.698. The Hall–Kier alpha value is -0.521. The van der Waals surface area contributed by atoms with Gasteiger partial charge in [-0.15, -0.1) is 13.1 Å². The van der Waals surface area contributed by atoms with Crippen LogP contribution in [0.3, 0.4) is 0 Å². The maximum atomic E-state index is 12.4. The van der Waals surface area contributed by atoms with E-state index in [1.165, 1.54) is 19.3 Å². The minimum atomic E-state index is -0.0624. The Balaban J connectivity index is 0.00000104. The molecule has 1 saturated heterocycles. The largest absolute Gasteiger partial charge is 0.662 e. The van der Waals surface area contributed by atoms with E-state index in [4.69, 9.17) is 4.98 Å². The Morgan fingerprint density at radius 3 is 2.67 bits per heavy atom. The molecule has 2 aliphatic rings. The number of hydrogen-bond acceptors (Lipinski definition) is 3. The predicted octanol–water partition coefficient (Wildman–Crippen LogP) is 2.49. The third kappa shape index (κ3) is 3.83. The standard InChI is InChI=1S/C16H22N5O.B.Y/c22-16-13-10-18-21(12-6-2-1-3-7-12)15(13)19-14(20-16)11-5-4-8-17-9-11;;/h10-12H,1-9H2,(H,19,20,22);;/q-1;;. The molecule has 124 valence electrons. The number of H-pyrrole nitrogens is 1. The average molecular weight is 400 g/mol. The quantitative estimate of drug-likeness (QED) is 0.788. The van der Waals surface area contributed by atoms with Crippen LogP contribution in [0.4, 0.5) is 0 Å². The van der Waals surface area contributed by atoms with Gasteiger partial charge in [-0.3, -0.25) is 4.79 Å². The van der Waals surface area contributed by atoms with Crippen LogP contribution >= 0.6 is 0 Å². The van der Waals surface area contributed by atoms with Gasteiger partial charge in [0.05, 0.1) is 12.2 Å². The first-order valence-electron chi connectivity index (χ1n) is 8.43. The summed E-state index contributed by atoms with van der Waals surface area (Å²) in [6.45, 7) is 1.70. The average Bonchev–Trinajstić information content (AvgIpc) is 3.01. The molecular weight excluding hydrogens is 378 g/mol. The van der Waals surface area contributed by atoms with Crippen LogP contribution in [-0.4, -0.2) is 41.3 Å². The van der Waals surface area contributed by atoms with Gasteiger partial charge in [0.2, 0.25) is 0 Å². The van der Waals surface area contributed by atoms with Crippen molar-refractivity contribution in [2.45, 2.75) is 56.9 Å². The molecule has 4 radical (unpaired) electrons. The summed E-state index contributed by atoms with van der Waals surface area (Å²) >= 11 is 0. The van der Waals surface area contributed by atoms with Gasteiger partial charge in [-0.2, -0.15) is 5.10 Å². The van der Waals surface area contributed by atoms with Crippen molar-refractivity contribution in [1.82, 2.24) is 19.7 Å². The fourth-order valence-corrected chi connectivity index (χ4v) is 3.75. The maximum absolute atomic E-state index is 12.4. The van der Waals surface area contributed by atoms with Crippen molar-refractivity contribution in [2.75, 3.05) is 13.1 Å². The van der Waals surface area contributed by atoms with E-state index in [0.29, 0.717) is 11.4 Å². The van der Waals surface area contributed by atoms with Crippen molar-refractivity contribution in [3.8, 4) is 0 Å². The zero-order chi connectivity index (χ0) is 14.9. The molecule has 0 spiro atoms. The van der Waals surface area contributed by atoms with E-state index in [9.17, 15) is 4.79 Å². The number of nitrogens with one attached hydrogen (secondary N) is 1. The molecule has 1 aliphatic heterocycles. The molecule has 0 aromatic carbocycles. The second-order valence-corrected chi connectivity index (χ2v) is 6.54. The summed E-state index contributed by atoms with van der Waals surface area (Å²) in [5, 5.41) is 9.55. The van der Waals surface area contributed by atoms with Crippen molar-refractivity contribution in [1.29, 1.82) is 0 Å². The smallest absolute Gasteiger partial charge is 0.262 e. The first-order chi connectivity index (χ1) is 10.8. The molecule has 1 saturated carbocycles. The molecule has 8 heteroatoms. The van der Waals surface area contributed by atoms with Gasteiger partial charge >= 0.3 is 0 Å². The Morgan fingerprint density at radius 1 is 1.17 bits per heavy atom. The van der Waals surface area contributed by atoms with Gasteiger partial charge in [-0.25, -0.2) is 9.67 Å². The number of aromatic amines is 1. The Kier molecular flexibility index (Phi) is 7.20. The summed E-state index contributed by atoms with van der Waals surface area (Å²) in [6.07, 6.45) is 9.86. The van der Waals surface area contributed by atoms with Crippen LogP contribution in [0.5, 0.6) is 0 Å². The van der Waals surface area contributed by atoms with Crippen LogP contribution in [0.2, 0.25) is 0 Å². The molecule has 1 aliphatic carbocycles. The van der Waals surface area contributed by atoms with E-state index in [1.54, 1.807) is 6.20 Å². The summed E-state index contributed by atoms with van der Waals surface area (Å²) in [4.78, 5) is 20.1. The van der Waals surface area contributed by atoms with E-state index in [2.05, 4.69) is 15.4 Å². The first-order valence-corrected chi connectivity index (χ1v) is 8.43. The molecule has 1 atom stereocenters. The molecule has 3 heterocycles.